The number of aromatic nitrogens is 2. The van der Waals surface area contributed by atoms with Gasteiger partial charge in [0.2, 0.25) is 11.8 Å². The fraction of sp³-hybridized carbons (Fsp3) is 0.429. The lowest BCUT2D eigenvalue weighted by Crippen LogP contribution is -2.49. The van der Waals surface area contributed by atoms with Gasteiger partial charge in [-0.3, -0.25) is 14.5 Å². The molecule has 0 unspecified atom stereocenters. The Labute approximate surface area is 204 Å². The average molecular weight is 543 g/mol. The van der Waals surface area contributed by atoms with E-state index in [1.807, 2.05) is 0 Å². The highest BCUT2D eigenvalue weighted by molar-refractivity contribution is 6.32. The second-order valence-corrected chi connectivity index (χ2v) is 8.27. The molecule has 2 aromatic rings. The van der Waals surface area contributed by atoms with Gasteiger partial charge in [0, 0.05) is 42.9 Å². The first-order chi connectivity index (χ1) is 16.8. The van der Waals surface area contributed by atoms with Crippen molar-refractivity contribution in [3.63, 3.8) is 0 Å². The van der Waals surface area contributed by atoms with Crippen LogP contribution >= 0.6 is 11.6 Å². The summed E-state index contributed by atoms with van der Waals surface area (Å²) in [6.07, 6.45) is -3.19. The molecule has 1 fully saturated rings. The SMILES string of the molecule is O=C(NC1CCC(F)(F)CC1)[C@H](c1cncnc1)N(C(=O)[C@H](F)Cl)c1ccc(OC(F)(F)F)cc1F. The zero-order valence-corrected chi connectivity index (χ0v) is 18.9. The van der Waals surface area contributed by atoms with Crippen molar-refractivity contribution in [3.8, 4) is 5.75 Å². The van der Waals surface area contributed by atoms with Gasteiger partial charge in [0.15, 0.2) is 5.82 Å². The number of nitrogens with zero attached hydrogens (tertiary/aromatic N) is 3. The summed E-state index contributed by atoms with van der Waals surface area (Å²) >= 11 is 5.30. The average Bonchev–Trinajstić information content (AvgIpc) is 2.78. The van der Waals surface area contributed by atoms with E-state index in [-0.39, 0.29) is 24.5 Å². The number of rotatable bonds is 7. The molecule has 1 heterocycles. The number of carbonyl (C=O) groups excluding carboxylic acids is 2. The molecule has 0 spiro atoms. The maximum Gasteiger partial charge on any atom is 0.573 e. The smallest absolute Gasteiger partial charge is 0.406 e. The van der Waals surface area contributed by atoms with Gasteiger partial charge >= 0.3 is 6.36 Å². The van der Waals surface area contributed by atoms with Crippen LogP contribution in [0.15, 0.2) is 36.9 Å². The minimum Gasteiger partial charge on any atom is -0.406 e. The van der Waals surface area contributed by atoms with Gasteiger partial charge in [-0.15, -0.1) is 13.2 Å². The van der Waals surface area contributed by atoms with Gasteiger partial charge in [-0.1, -0.05) is 11.6 Å². The van der Waals surface area contributed by atoms with Gasteiger partial charge in [-0.2, -0.15) is 0 Å². The molecule has 1 aromatic carbocycles. The van der Waals surface area contributed by atoms with Gasteiger partial charge < -0.3 is 10.1 Å². The van der Waals surface area contributed by atoms with E-state index in [4.69, 9.17) is 11.6 Å². The van der Waals surface area contributed by atoms with Crippen LogP contribution in [0.2, 0.25) is 0 Å². The molecule has 2 atom stereocenters. The quantitative estimate of drug-likeness (QED) is 0.401. The van der Waals surface area contributed by atoms with Crippen molar-refractivity contribution in [1.82, 2.24) is 15.3 Å². The highest BCUT2D eigenvalue weighted by Crippen LogP contribution is 2.36. The van der Waals surface area contributed by atoms with Gasteiger partial charge in [0.25, 0.3) is 11.5 Å². The summed E-state index contributed by atoms with van der Waals surface area (Å²) in [7, 11) is 0. The van der Waals surface area contributed by atoms with Crippen LogP contribution in [0.5, 0.6) is 5.75 Å². The first kappa shape index (κ1) is 27.4. The van der Waals surface area contributed by atoms with Gasteiger partial charge in [-0.25, -0.2) is 27.5 Å². The fourth-order valence-electron chi connectivity index (χ4n) is 3.70. The van der Waals surface area contributed by atoms with Crippen molar-refractivity contribution in [2.75, 3.05) is 4.90 Å². The molecular weight excluding hydrogens is 525 g/mol. The van der Waals surface area contributed by atoms with E-state index >= 15 is 0 Å². The zero-order chi connectivity index (χ0) is 26.7. The second kappa shape index (κ2) is 10.8. The molecule has 0 bridgehead atoms. The summed E-state index contributed by atoms with van der Waals surface area (Å²) in [5.74, 6) is -8.01. The van der Waals surface area contributed by atoms with Crippen molar-refractivity contribution in [2.45, 2.75) is 55.7 Å². The first-order valence-electron chi connectivity index (χ1n) is 10.4. The van der Waals surface area contributed by atoms with Gasteiger partial charge in [-0.05, 0) is 25.0 Å². The molecular formula is C21H18ClF7N4O3. The molecule has 2 amide bonds. The monoisotopic (exact) mass is 542 g/mol. The summed E-state index contributed by atoms with van der Waals surface area (Å²) in [6.45, 7) is 0. The molecule has 1 aliphatic rings. The second-order valence-electron chi connectivity index (χ2n) is 7.88. The Morgan fingerprint density at radius 2 is 1.78 bits per heavy atom. The van der Waals surface area contributed by atoms with Crippen LogP contribution in [0.25, 0.3) is 0 Å². The lowest BCUT2D eigenvalue weighted by Gasteiger charge is -2.34. The third-order valence-corrected chi connectivity index (χ3v) is 5.49. The molecule has 1 N–H and O–H groups in total. The lowest BCUT2D eigenvalue weighted by molar-refractivity contribution is -0.274. The van der Waals surface area contributed by atoms with E-state index in [0.29, 0.717) is 17.0 Å². The molecule has 3 rings (SSSR count). The molecule has 1 aliphatic carbocycles. The van der Waals surface area contributed by atoms with E-state index in [0.717, 1.165) is 18.7 Å². The Hall–Kier alpha value is -3.16. The number of nitrogens with one attached hydrogen (secondary N) is 1. The Balaban J connectivity index is 2.02. The lowest BCUT2D eigenvalue weighted by atomic mass is 9.92. The third kappa shape index (κ3) is 6.95. The largest absolute Gasteiger partial charge is 0.573 e. The van der Waals surface area contributed by atoms with Crippen molar-refractivity contribution < 1.29 is 45.1 Å². The van der Waals surface area contributed by atoms with E-state index in [1.165, 1.54) is 0 Å². The molecule has 0 radical (unpaired) electrons. The number of hydrogen-bond donors (Lipinski definition) is 1. The van der Waals surface area contributed by atoms with E-state index in [1.54, 1.807) is 0 Å². The number of benzene rings is 1. The molecule has 1 aromatic heterocycles. The van der Waals surface area contributed by atoms with Gasteiger partial charge in [0.1, 0.15) is 18.1 Å². The van der Waals surface area contributed by atoms with E-state index in [2.05, 4.69) is 20.0 Å². The first-order valence-corrected chi connectivity index (χ1v) is 10.8. The van der Waals surface area contributed by atoms with Crippen molar-refractivity contribution >= 4 is 29.1 Å². The molecule has 0 aliphatic heterocycles. The highest BCUT2D eigenvalue weighted by atomic mass is 35.5. The topological polar surface area (TPSA) is 84.4 Å². The van der Waals surface area contributed by atoms with Crippen LogP contribution in [0.1, 0.15) is 37.3 Å². The Morgan fingerprint density at radius 3 is 2.31 bits per heavy atom. The minimum atomic E-state index is -5.15. The van der Waals surface area contributed by atoms with Crippen LogP contribution in [0.4, 0.5) is 36.4 Å². The molecule has 7 nitrogen and oxygen atoms in total. The standard InChI is InChI=1S/C21H18ClF7N4O3/c22-17(24)19(35)33(15-2-1-13(7-14(15)23)36-21(27,28)29)16(11-8-30-10-31-9-11)18(34)32-12-3-5-20(25,26)6-4-12/h1-2,7-10,12,16-17H,3-6H2,(H,32,34)/t16-,17-/m0/s1. The number of hydrogen-bond acceptors (Lipinski definition) is 5. The van der Waals surface area contributed by atoms with Crippen LogP contribution in [-0.4, -0.2) is 45.7 Å². The van der Waals surface area contributed by atoms with Crippen LogP contribution in [0, 0.1) is 5.82 Å². The van der Waals surface area contributed by atoms with Gasteiger partial charge in [0.05, 0.1) is 5.69 Å². The van der Waals surface area contributed by atoms with Crippen LogP contribution in [0.3, 0.4) is 0 Å². The molecule has 0 saturated heterocycles. The summed E-state index contributed by atoms with van der Waals surface area (Å²) < 4.78 is 97.1. The normalized spacial score (nSPS) is 17.7. The predicted molar refractivity (Wildman–Crippen MR) is 111 cm³/mol. The third-order valence-electron chi connectivity index (χ3n) is 5.30. The number of amides is 2. The highest BCUT2D eigenvalue weighted by Gasteiger charge is 2.41. The molecule has 196 valence electrons. The molecule has 15 heteroatoms. The number of alkyl halides is 7. The maximum absolute atomic E-state index is 14.9. The summed E-state index contributed by atoms with van der Waals surface area (Å²) in [6, 6.07) is -1.01. The van der Waals surface area contributed by atoms with Crippen molar-refractivity contribution in [2.24, 2.45) is 0 Å². The summed E-state index contributed by atoms with van der Waals surface area (Å²) in [4.78, 5) is 33.7. The van der Waals surface area contributed by atoms with E-state index < -0.39 is 71.9 Å². The Morgan fingerprint density at radius 1 is 1.17 bits per heavy atom. The maximum atomic E-state index is 14.9. The summed E-state index contributed by atoms with van der Waals surface area (Å²) in [5, 5.41) is 2.48. The molecule has 1 saturated carbocycles. The minimum absolute atomic E-state index is 0.107. The van der Waals surface area contributed by atoms with Crippen LogP contribution in [-0.2, 0) is 9.59 Å². The number of anilines is 1. The van der Waals surface area contributed by atoms with Crippen molar-refractivity contribution in [3.05, 3.63) is 48.3 Å². The molecule has 36 heavy (non-hydrogen) atoms. The Bertz CT molecular complexity index is 1080. The Kier molecular flexibility index (Phi) is 8.26. The van der Waals surface area contributed by atoms with Crippen molar-refractivity contribution in [1.29, 1.82) is 0 Å². The van der Waals surface area contributed by atoms with Crippen LogP contribution < -0.4 is 15.0 Å². The number of halogens is 8. The summed E-state index contributed by atoms with van der Waals surface area (Å²) in [5.41, 5.74) is -3.74. The number of ether oxygens (including phenoxy) is 1. The fourth-order valence-corrected chi connectivity index (χ4v) is 3.81. The van der Waals surface area contributed by atoms with E-state index in [9.17, 15) is 40.3 Å². The predicted octanol–water partition coefficient (Wildman–Crippen LogP) is 4.82. The number of carbonyl (C=O) groups is 2. The zero-order valence-electron chi connectivity index (χ0n) is 18.1.